The van der Waals surface area contributed by atoms with E-state index in [0.29, 0.717) is 5.75 Å². The van der Waals surface area contributed by atoms with Crippen molar-refractivity contribution in [1.29, 1.82) is 0 Å². The van der Waals surface area contributed by atoms with Gasteiger partial charge in [0, 0.05) is 12.6 Å². The molecule has 2 aromatic rings. The van der Waals surface area contributed by atoms with Crippen molar-refractivity contribution < 1.29 is 23.2 Å². The summed E-state index contributed by atoms with van der Waals surface area (Å²) in [6, 6.07) is 12.6. The molecule has 0 saturated carbocycles. The number of methoxy groups -OCH3 is 1. The smallest absolute Gasteiger partial charge is 0.488 e. The first-order valence-corrected chi connectivity index (χ1v) is 9.30. The van der Waals surface area contributed by atoms with Crippen molar-refractivity contribution >= 4 is 22.6 Å². The molecule has 8 heteroatoms. The first-order valence-electron chi connectivity index (χ1n) is 7.86. The molecule has 0 fully saturated rings. The van der Waals surface area contributed by atoms with Crippen LogP contribution in [-0.4, -0.2) is 43.0 Å². The van der Waals surface area contributed by atoms with Gasteiger partial charge in [0.05, 0.1) is 12.0 Å². The number of sulfonamides is 1. The van der Waals surface area contributed by atoms with E-state index < -0.39 is 17.1 Å². The standard InChI is InChI=1S/C17H22BNO5S/c1-13(2)19(12-14-7-9-16(24-3)10-8-14)25(22,23)17-6-4-5-15(11-17)18(20)21/h4-11,13,20-21H,12H2,1-3H3. The summed E-state index contributed by atoms with van der Waals surface area (Å²) < 4.78 is 32.5. The largest absolute Gasteiger partial charge is 0.497 e. The molecule has 0 heterocycles. The highest BCUT2D eigenvalue weighted by Crippen LogP contribution is 2.21. The maximum absolute atomic E-state index is 13.0. The molecule has 0 bridgehead atoms. The summed E-state index contributed by atoms with van der Waals surface area (Å²) in [5, 5.41) is 18.6. The van der Waals surface area contributed by atoms with Gasteiger partial charge in [0.1, 0.15) is 5.75 Å². The Bertz CT molecular complexity index is 806. The molecule has 0 amide bonds. The highest BCUT2D eigenvalue weighted by molar-refractivity contribution is 7.89. The third-order valence-electron chi connectivity index (χ3n) is 3.84. The Morgan fingerprint density at radius 3 is 2.28 bits per heavy atom. The van der Waals surface area contributed by atoms with Crippen LogP contribution in [0.1, 0.15) is 19.4 Å². The SMILES string of the molecule is COc1ccc(CN(C(C)C)S(=O)(=O)c2cccc(B(O)O)c2)cc1. The molecule has 2 rings (SSSR count). The molecule has 2 N–H and O–H groups in total. The van der Waals surface area contributed by atoms with Crippen molar-refractivity contribution in [2.24, 2.45) is 0 Å². The second-order valence-electron chi connectivity index (χ2n) is 5.94. The number of hydrogen-bond donors (Lipinski definition) is 2. The predicted octanol–water partition coefficient (Wildman–Crippen LogP) is 0.974. The molecule has 0 aromatic heterocycles. The summed E-state index contributed by atoms with van der Waals surface area (Å²) in [4.78, 5) is 0.0281. The normalized spacial score (nSPS) is 11.8. The number of rotatable bonds is 7. The van der Waals surface area contributed by atoms with Crippen LogP contribution in [0, 0.1) is 0 Å². The van der Waals surface area contributed by atoms with Crippen LogP contribution in [0.15, 0.2) is 53.4 Å². The van der Waals surface area contributed by atoms with E-state index in [1.54, 1.807) is 33.1 Å². The van der Waals surface area contributed by atoms with Crippen molar-refractivity contribution in [2.45, 2.75) is 31.3 Å². The van der Waals surface area contributed by atoms with Crippen LogP contribution in [-0.2, 0) is 16.6 Å². The second kappa shape index (κ2) is 8.01. The molecule has 0 atom stereocenters. The highest BCUT2D eigenvalue weighted by atomic mass is 32.2. The Morgan fingerprint density at radius 2 is 1.76 bits per heavy atom. The van der Waals surface area contributed by atoms with E-state index >= 15 is 0 Å². The van der Waals surface area contributed by atoms with Crippen molar-refractivity contribution in [3.63, 3.8) is 0 Å². The van der Waals surface area contributed by atoms with Crippen LogP contribution >= 0.6 is 0 Å². The van der Waals surface area contributed by atoms with Crippen molar-refractivity contribution in [1.82, 2.24) is 4.31 Å². The molecule has 2 aromatic carbocycles. The van der Waals surface area contributed by atoms with E-state index in [9.17, 15) is 18.5 Å². The van der Waals surface area contributed by atoms with Crippen LogP contribution in [0.25, 0.3) is 0 Å². The summed E-state index contributed by atoms with van der Waals surface area (Å²) in [7, 11) is -3.94. The molecule has 0 radical (unpaired) electrons. The van der Waals surface area contributed by atoms with Crippen molar-refractivity contribution in [2.75, 3.05) is 7.11 Å². The van der Waals surface area contributed by atoms with Gasteiger partial charge in [-0.2, -0.15) is 4.31 Å². The Hall–Kier alpha value is -1.87. The molecule has 0 aliphatic carbocycles. The predicted molar refractivity (Wildman–Crippen MR) is 97.1 cm³/mol. The lowest BCUT2D eigenvalue weighted by atomic mass is 9.80. The van der Waals surface area contributed by atoms with Crippen molar-refractivity contribution in [3.8, 4) is 5.75 Å². The third kappa shape index (κ3) is 4.61. The summed E-state index contributed by atoms with van der Waals surface area (Å²) in [5.41, 5.74) is 0.964. The van der Waals surface area contributed by atoms with Crippen LogP contribution in [0.2, 0.25) is 0 Å². The molecule has 0 aliphatic heterocycles. The summed E-state index contributed by atoms with van der Waals surface area (Å²) in [6.07, 6.45) is 0. The molecular weight excluding hydrogens is 341 g/mol. The van der Waals surface area contributed by atoms with E-state index in [-0.39, 0.29) is 22.9 Å². The van der Waals surface area contributed by atoms with Gasteiger partial charge in [0.15, 0.2) is 0 Å². The zero-order valence-electron chi connectivity index (χ0n) is 14.5. The highest BCUT2D eigenvalue weighted by Gasteiger charge is 2.28. The maximum atomic E-state index is 13.0. The van der Waals surface area contributed by atoms with E-state index in [2.05, 4.69) is 0 Å². The van der Waals surface area contributed by atoms with Gasteiger partial charge >= 0.3 is 7.12 Å². The van der Waals surface area contributed by atoms with Crippen molar-refractivity contribution in [3.05, 3.63) is 54.1 Å². The summed E-state index contributed by atoms with van der Waals surface area (Å²) in [6.45, 7) is 3.80. The minimum atomic E-state index is -3.79. The zero-order valence-corrected chi connectivity index (χ0v) is 15.3. The zero-order chi connectivity index (χ0) is 18.6. The minimum Gasteiger partial charge on any atom is -0.497 e. The third-order valence-corrected chi connectivity index (χ3v) is 5.85. The molecule has 0 aliphatic rings. The molecule has 134 valence electrons. The van der Waals surface area contributed by atoms with E-state index in [4.69, 9.17) is 4.74 Å². The van der Waals surface area contributed by atoms with Gasteiger partial charge in [-0.15, -0.1) is 0 Å². The van der Waals surface area contributed by atoms with E-state index in [1.165, 1.54) is 28.6 Å². The molecular formula is C17H22BNO5S. The fourth-order valence-electron chi connectivity index (χ4n) is 2.43. The lowest BCUT2D eigenvalue weighted by molar-refractivity contribution is 0.348. The van der Waals surface area contributed by atoms with E-state index in [1.807, 2.05) is 12.1 Å². The van der Waals surface area contributed by atoms with Gasteiger partial charge in [0.2, 0.25) is 10.0 Å². The summed E-state index contributed by atoms with van der Waals surface area (Å²) >= 11 is 0. The molecule has 0 saturated heterocycles. The van der Waals surface area contributed by atoms with Gasteiger partial charge in [-0.05, 0) is 49.1 Å². The average Bonchev–Trinajstić information content (AvgIpc) is 2.59. The lowest BCUT2D eigenvalue weighted by Crippen LogP contribution is -2.37. The van der Waals surface area contributed by atoms with Crippen LogP contribution in [0.5, 0.6) is 5.75 Å². The quantitative estimate of drug-likeness (QED) is 0.716. The van der Waals surface area contributed by atoms with Crippen LogP contribution < -0.4 is 10.2 Å². The fraction of sp³-hybridized carbons (Fsp3) is 0.294. The first kappa shape index (κ1) is 19.5. The van der Waals surface area contributed by atoms with Gasteiger partial charge in [-0.3, -0.25) is 0 Å². The number of ether oxygens (including phenoxy) is 1. The Morgan fingerprint density at radius 1 is 1.12 bits per heavy atom. The Kier molecular flexibility index (Phi) is 6.23. The van der Waals surface area contributed by atoms with Gasteiger partial charge in [0.25, 0.3) is 0 Å². The topological polar surface area (TPSA) is 87.1 Å². The average molecular weight is 363 g/mol. The first-order chi connectivity index (χ1) is 11.8. The molecule has 0 unspecified atom stereocenters. The molecule has 0 spiro atoms. The van der Waals surface area contributed by atoms with Gasteiger partial charge < -0.3 is 14.8 Å². The monoisotopic (exact) mass is 363 g/mol. The maximum Gasteiger partial charge on any atom is 0.488 e. The number of benzene rings is 2. The molecule has 6 nitrogen and oxygen atoms in total. The Balaban J connectivity index is 2.35. The van der Waals surface area contributed by atoms with Crippen LogP contribution in [0.4, 0.5) is 0 Å². The van der Waals surface area contributed by atoms with E-state index in [0.717, 1.165) is 5.56 Å². The Labute approximate surface area is 148 Å². The van der Waals surface area contributed by atoms with Crippen LogP contribution in [0.3, 0.4) is 0 Å². The van der Waals surface area contributed by atoms with Gasteiger partial charge in [-0.25, -0.2) is 8.42 Å². The molecule has 25 heavy (non-hydrogen) atoms. The summed E-state index contributed by atoms with van der Waals surface area (Å²) in [5.74, 6) is 0.701. The lowest BCUT2D eigenvalue weighted by Gasteiger charge is -2.26. The van der Waals surface area contributed by atoms with Gasteiger partial charge in [-0.1, -0.05) is 24.3 Å². The number of hydrogen-bond acceptors (Lipinski definition) is 5. The minimum absolute atomic E-state index is 0.0281. The number of nitrogens with zero attached hydrogens (tertiary/aromatic N) is 1. The second-order valence-corrected chi connectivity index (χ2v) is 7.83. The fourth-order valence-corrected chi connectivity index (χ4v) is 4.11.